The highest BCUT2D eigenvalue weighted by atomic mass is 35.5. The van der Waals surface area contributed by atoms with E-state index in [4.69, 9.17) is 22.1 Å². The number of rotatable bonds is 5. The molecule has 0 unspecified atom stereocenters. The van der Waals surface area contributed by atoms with E-state index in [0.717, 1.165) is 32.6 Å². The van der Waals surface area contributed by atoms with Crippen LogP contribution in [0.1, 0.15) is 10.4 Å². The first-order valence-electron chi connectivity index (χ1n) is 5.55. The molecule has 0 aliphatic heterocycles. The van der Waals surface area contributed by atoms with Gasteiger partial charge in [-0.1, -0.05) is 17.7 Å². The summed E-state index contributed by atoms with van der Waals surface area (Å²) in [4.78, 5) is 1.10. The average Bonchev–Trinajstić information content (AvgIpc) is 2.75. The Bertz CT molecular complexity index is 550. The molecule has 0 aliphatic rings. The van der Waals surface area contributed by atoms with Crippen LogP contribution in [-0.2, 0) is 13.0 Å². The zero-order chi connectivity index (χ0) is 13.0. The third kappa shape index (κ3) is 3.28. The maximum atomic E-state index is 5.88. The van der Waals surface area contributed by atoms with E-state index in [9.17, 15) is 0 Å². The number of hydrogen-bond donors (Lipinski definition) is 1. The van der Waals surface area contributed by atoms with Gasteiger partial charge >= 0.3 is 0 Å². The quantitative estimate of drug-likeness (QED) is 0.654. The van der Waals surface area contributed by atoms with E-state index < -0.39 is 0 Å². The van der Waals surface area contributed by atoms with Gasteiger partial charge in [0.25, 0.3) is 0 Å². The van der Waals surface area contributed by atoms with Crippen molar-refractivity contribution in [1.82, 2.24) is 0 Å². The van der Waals surface area contributed by atoms with Crippen molar-refractivity contribution >= 4 is 28.6 Å². The van der Waals surface area contributed by atoms with E-state index in [2.05, 4.69) is 6.58 Å². The van der Waals surface area contributed by atoms with Crippen molar-refractivity contribution in [2.24, 2.45) is 0 Å². The standard InChI is InChI=1S/C14H14ClNOS/c1-2-3-10-8-11(16)4-6-13(10)17-9-12-5-7-14(15)18-12/h2,4-8H,1,3,9,16H2. The Morgan fingerprint density at radius 3 is 2.83 bits per heavy atom. The highest BCUT2D eigenvalue weighted by Crippen LogP contribution is 2.26. The van der Waals surface area contributed by atoms with Crippen molar-refractivity contribution in [1.29, 1.82) is 0 Å². The summed E-state index contributed by atoms with van der Waals surface area (Å²) >= 11 is 7.40. The average molecular weight is 280 g/mol. The van der Waals surface area contributed by atoms with E-state index in [1.807, 2.05) is 36.4 Å². The maximum Gasteiger partial charge on any atom is 0.123 e. The fourth-order valence-electron chi connectivity index (χ4n) is 1.63. The number of nitrogens with two attached hydrogens (primary N) is 1. The van der Waals surface area contributed by atoms with Crippen LogP contribution in [-0.4, -0.2) is 0 Å². The summed E-state index contributed by atoms with van der Waals surface area (Å²) in [7, 11) is 0. The van der Waals surface area contributed by atoms with Crippen molar-refractivity contribution in [3.05, 3.63) is 57.8 Å². The van der Waals surface area contributed by atoms with Gasteiger partial charge in [0.2, 0.25) is 0 Å². The number of halogens is 1. The van der Waals surface area contributed by atoms with Gasteiger partial charge in [0.15, 0.2) is 0 Å². The molecule has 1 aromatic heterocycles. The van der Waals surface area contributed by atoms with Crippen LogP contribution in [0.15, 0.2) is 43.0 Å². The zero-order valence-electron chi connectivity index (χ0n) is 9.86. The van der Waals surface area contributed by atoms with E-state index in [0.29, 0.717) is 6.61 Å². The monoisotopic (exact) mass is 279 g/mol. The second-order valence-electron chi connectivity index (χ2n) is 3.85. The van der Waals surface area contributed by atoms with E-state index in [1.165, 1.54) is 11.3 Å². The molecule has 0 spiro atoms. The molecule has 0 bridgehead atoms. The van der Waals surface area contributed by atoms with Crippen LogP contribution in [0.5, 0.6) is 5.75 Å². The van der Waals surface area contributed by atoms with Gasteiger partial charge in [0, 0.05) is 10.6 Å². The molecule has 0 fully saturated rings. The minimum atomic E-state index is 0.519. The Morgan fingerprint density at radius 2 is 2.17 bits per heavy atom. The fourth-order valence-corrected chi connectivity index (χ4v) is 2.63. The first kappa shape index (κ1) is 13.0. The molecule has 0 aliphatic carbocycles. The minimum Gasteiger partial charge on any atom is -0.488 e. The largest absolute Gasteiger partial charge is 0.488 e. The third-order valence-electron chi connectivity index (χ3n) is 2.45. The number of benzene rings is 1. The molecular weight excluding hydrogens is 266 g/mol. The fraction of sp³-hybridized carbons (Fsp3) is 0.143. The number of allylic oxidation sites excluding steroid dienone is 1. The molecule has 0 amide bonds. The summed E-state index contributed by atoms with van der Waals surface area (Å²) in [6, 6.07) is 9.49. The smallest absolute Gasteiger partial charge is 0.123 e. The molecule has 2 nitrogen and oxygen atoms in total. The highest BCUT2D eigenvalue weighted by Gasteiger charge is 2.05. The van der Waals surface area contributed by atoms with Crippen LogP contribution in [0.25, 0.3) is 0 Å². The molecule has 0 saturated carbocycles. The summed E-state index contributed by atoms with van der Waals surface area (Å²) in [6.45, 7) is 4.26. The van der Waals surface area contributed by atoms with Gasteiger partial charge in [-0.2, -0.15) is 0 Å². The Hall–Kier alpha value is -1.45. The molecule has 1 heterocycles. The molecular formula is C14H14ClNOS. The van der Waals surface area contributed by atoms with Gasteiger partial charge in [0.1, 0.15) is 12.4 Å². The number of anilines is 1. The summed E-state index contributed by atoms with van der Waals surface area (Å²) in [5.74, 6) is 0.841. The van der Waals surface area contributed by atoms with Crippen LogP contribution >= 0.6 is 22.9 Å². The Labute approximate surface area is 116 Å². The lowest BCUT2D eigenvalue weighted by molar-refractivity contribution is 0.307. The van der Waals surface area contributed by atoms with Gasteiger partial charge in [-0.25, -0.2) is 0 Å². The molecule has 2 aromatic rings. The summed E-state index contributed by atoms with van der Waals surface area (Å²) in [5.41, 5.74) is 7.55. The van der Waals surface area contributed by atoms with Crippen molar-refractivity contribution < 1.29 is 4.74 Å². The van der Waals surface area contributed by atoms with Crippen molar-refractivity contribution in [2.45, 2.75) is 13.0 Å². The SMILES string of the molecule is C=CCc1cc(N)ccc1OCc1ccc(Cl)s1. The summed E-state index contributed by atoms with van der Waals surface area (Å²) < 4.78 is 6.57. The van der Waals surface area contributed by atoms with Gasteiger partial charge in [-0.15, -0.1) is 17.9 Å². The molecule has 94 valence electrons. The first-order chi connectivity index (χ1) is 8.69. The lowest BCUT2D eigenvalue weighted by Gasteiger charge is -2.10. The zero-order valence-corrected chi connectivity index (χ0v) is 11.4. The van der Waals surface area contributed by atoms with Crippen molar-refractivity contribution in [3.8, 4) is 5.75 Å². The Balaban J connectivity index is 2.10. The van der Waals surface area contributed by atoms with Crippen LogP contribution in [0.2, 0.25) is 4.34 Å². The second kappa shape index (κ2) is 5.94. The summed E-state index contributed by atoms with van der Waals surface area (Å²) in [5, 5.41) is 0. The normalized spacial score (nSPS) is 10.3. The molecule has 2 rings (SSSR count). The predicted octanol–water partition coefficient (Wildman–Crippen LogP) is 4.29. The van der Waals surface area contributed by atoms with E-state index in [1.54, 1.807) is 0 Å². The van der Waals surface area contributed by atoms with Crippen LogP contribution in [0.3, 0.4) is 0 Å². The number of ether oxygens (including phenoxy) is 1. The van der Waals surface area contributed by atoms with Gasteiger partial charge in [0.05, 0.1) is 4.34 Å². The van der Waals surface area contributed by atoms with Crippen LogP contribution < -0.4 is 10.5 Å². The van der Waals surface area contributed by atoms with E-state index >= 15 is 0 Å². The van der Waals surface area contributed by atoms with E-state index in [-0.39, 0.29) is 0 Å². The lowest BCUT2D eigenvalue weighted by Crippen LogP contribution is -1.98. The molecule has 18 heavy (non-hydrogen) atoms. The minimum absolute atomic E-state index is 0.519. The maximum absolute atomic E-state index is 5.88. The first-order valence-corrected chi connectivity index (χ1v) is 6.75. The third-order valence-corrected chi connectivity index (χ3v) is 3.65. The molecule has 0 atom stereocenters. The number of thiophene rings is 1. The predicted molar refractivity (Wildman–Crippen MR) is 78.4 cm³/mol. The molecule has 4 heteroatoms. The summed E-state index contributed by atoms with van der Waals surface area (Å²) in [6.07, 6.45) is 2.58. The topological polar surface area (TPSA) is 35.2 Å². The van der Waals surface area contributed by atoms with Gasteiger partial charge in [-0.3, -0.25) is 0 Å². The number of hydrogen-bond acceptors (Lipinski definition) is 3. The molecule has 0 radical (unpaired) electrons. The van der Waals surface area contributed by atoms with Crippen molar-refractivity contribution in [2.75, 3.05) is 5.73 Å². The highest BCUT2D eigenvalue weighted by molar-refractivity contribution is 7.16. The van der Waals surface area contributed by atoms with Gasteiger partial charge in [-0.05, 0) is 42.3 Å². The Morgan fingerprint density at radius 1 is 1.33 bits per heavy atom. The molecule has 0 saturated heterocycles. The van der Waals surface area contributed by atoms with Crippen LogP contribution in [0.4, 0.5) is 5.69 Å². The van der Waals surface area contributed by atoms with Crippen LogP contribution in [0, 0.1) is 0 Å². The van der Waals surface area contributed by atoms with Crippen molar-refractivity contribution in [3.63, 3.8) is 0 Å². The number of nitrogen functional groups attached to an aromatic ring is 1. The van der Waals surface area contributed by atoms with Gasteiger partial charge < -0.3 is 10.5 Å². The lowest BCUT2D eigenvalue weighted by atomic mass is 10.1. The second-order valence-corrected chi connectivity index (χ2v) is 5.65. The molecule has 2 N–H and O–H groups in total. The Kier molecular flexibility index (Phi) is 4.28. The molecule has 1 aromatic carbocycles.